The molecule has 4 nitrogen and oxygen atoms in total. The Hall–Kier alpha value is -1.98. The van der Waals surface area contributed by atoms with Gasteiger partial charge in [-0.1, -0.05) is 36.4 Å². The van der Waals surface area contributed by atoms with Crippen LogP contribution in [0.2, 0.25) is 0 Å². The van der Waals surface area contributed by atoms with E-state index < -0.39 is 6.10 Å². The fourth-order valence-electron chi connectivity index (χ4n) is 3.03. The van der Waals surface area contributed by atoms with Crippen LogP contribution in [-0.2, 0) is 12.8 Å². The minimum absolute atomic E-state index is 0.299. The minimum atomic E-state index is -0.581. The summed E-state index contributed by atoms with van der Waals surface area (Å²) < 4.78 is 0. The zero-order chi connectivity index (χ0) is 16.9. The number of nitrogens with one attached hydrogen (secondary N) is 2. The molecule has 2 atom stereocenters. The Kier molecular flexibility index (Phi) is 5.43. The normalized spacial score (nSPS) is 18.9. The lowest BCUT2D eigenvalue weighted by Gasteiger charge is -2.18. The lowest BCUT2D eigenvalue weighted by molar-refractivity contribution is 0.144. The van der Waals surface area contributed by atoms with Crippen molar-refractivity contribution in [3.63, 3.8) is 0 Å². The zero-order valence-corrected chi connectivity index (χ0v) is 14.5. The van der Waals surface area contributed by atoms with Gasteiger partial charge in [-0.25, -0.2) is 4.79 Å². The van der Waals surface area contributed by atoms with E-state index in [4.69, 9.17) is 0 Å². The van der Waals surface area contributed by atoms with Crippen molar-refractivity contribution in [2.45, 2.75) is 25.0 Å². The van der Waals surface area contributed by atoms with Gasteiger partial charge in [-0.05, 0) is 47.3 Å². The van der Waals surface area contributed by atoms with Crippen LogP contribution in [0.5, 0.6) is 0 Å². The number of hydrogen-bond donors (Lipinski definition) is 3. The summed E-state index contributed by atoms with van der Waals surface area (Å²) in [6.45, 7) is 0. The molecule has 2 amide bonds. The Morgan fingerprint density at radius 3 is 2.71 bits per heavy atom. The van der Waals surface area contributed by atoms with Gasteiger partial charge in [0.05, 0.1) is 12.1 Å². The Balaban J connectivity index is 1.60. The van der Waals surface area contributed by atoms with Crippen LogP contribution >= 0.6 is 11.8 Å². The standard InChI is InChI=1S/C19H22N2O2S/c1-24-11-10-13-6-8-15(9-7-13)20-19(23)21-18-16-5-3-2-4-14(16)12-17(18)22/h2-9,17-18,22H,10-12H2,1H3,(H2,20,21,23)/t17-,18+/m0/s1. The van der Waals surface area contributed by atoms with Crippen molar-refractivity contribution in [2.75, 3.05) is 17.3 Å². The minimum Gasteiger partial charge on any atom is -0.390 e. The fourth-order valence-corrected chi connectivity index (χ4v) is 3.47. The molecule has 0 saturated carbocycles. The van der Waals surface area contributed by atoms with Gasteiger partial charge in [0.15, 0.2) is 0 Å². The predicted octanol–water partition coefficient (Wildman–Crippen LogP) is 3.37. The number of carbonyl (C=O) groups is 1. The van der Waals surface area contributed by atoms with Crippen molar-refractivity contribution in [2.24, 2.45) is 0 Å². The van der Waals surface area contributed by atoms with E-state index in [1.807, 2.05) is 60.3 Å². The van der Waals surface area contributed by atoms with Crippen molar-refractivity contribution in [1.82, 2.24) is 5.32 Å². The Labute approximate surface area is 146 Å². The van der Waals surface area contributed by atoms with Crippen LogP contribution in [0.4, 0.5) is 10.5 Å². The topological polar surface area (TPSA) is 61.4 Å². The number of thioether (sulfide) groups is 1. The van der Waals surface area contributed by atoms with Gasteiger partial charge in [0.1, 0.15) is 0 Å². The summed E-state index contributed by atoms with van der Waals surface area (Å²) >= 11 is 1.82. The van der Waals surface area contributed by atoms with Crippen LogP contribution in [0.15, 0.2) is 48.5 Å². The molecule has 0 aliphatic heterocycles. The monoisotopic (exact) mass is 342 g/mol. The van der Waals surface area contributed by atoms with Crippen molar-refractivity contribution in [3.8, 4) is 0 Å². The Bertz CT molecular complexity index is 703. The highest BCUT2D eigenvalue weighted by molar-refractivity contribution is 7.98. The van der Waals surface area contributed by atoms with Gasteiger partial charge in [-0.15, -0.1) is 0 Å². The van der Waals surface area contributed by atoms with Crippen molar-refractivity contribution in [3.05, 3.63) is 65.2 Å². The molecule has 0 aromatic heterocycles. The van der Waals surface area contributed by atoms with Gasteiger partial charge in [0.25, 0.3) is 0 Å². The number of carbonyl (C=O) groups excluding carboxylic acids is 1. The number of amides is 2. The highest BCUT2D eigenvalue weighted by Crippen LogP contribution is 2.31. The first-order chi connectivity index (χ1) is 11.7. The van der Waals surface area contributed by atoms with E-state index in [0.717, 1.165) is 29.0 Å². The maximum atomic E-state index is 12.2. The summed E-state index contributed by atoms with van der Waals surface area (Å²) in [6.07, 6.45) is 3.11. The third kappa shape index (κ3) is 3.91. The maximum absolute atomic E-state index is 12.2. The molecule has 1 aliphatic rings. The summed E-state index contributed by atoms with van der Waals surface area (Å²) in [5, 5.41) is 15.9. The smallest absolute Gasteiger partial charge is 0.319 e. The molecule has 126 valence electrons. The molecular weight excluding hydrogens is 320 g/mol. The van der Waals surface area contributed by atoms with Crippen LogP contribution in [0.3, 0.4) is 0 Å². The molecule has 1 aliphatic carbocycles. The summed E-state index contributed by atoms with van der Waals surface area (Å²) in [6, 6.07) is 15.1. The number of anilines is 1. The lowest BCUT2D eigenvalue weighted by Crippen LogP contribution is -2.36. The summed E-state index contributed by atoms with van der Waals surface area (Å²) in [5.74, 6) is 1.09. The lowest BCUT2D eigenvalue weighted by atomic mass is 10.1. The summed E-state index contributed by atoms with van der Waals surface area (Å²) in [7, 11) is 0. The molecule has 0 fully saturated rings. The molecule has 2 aromatic carbocycles. The second kappa shape index (κ2) is 7.73. The van der Waals surface area contributed by atoms with E-state index >= 15 is 0 Å². The molecule has 0 spiro atoms. The van der Waals surface area contributed by atoms with Gasteiger partial charge in [0, 0.05) is 12.1 Å². The summed E-state index contributed by atoms with van der Waals surface area (Å²) in [4.78, 5) is 12.2. The van der Waals surface area contributed by atoms with Crippen molar-refractivity contribution >= 4 is 23.5 Å². The number of benzene rings is 2. The number of rotatable bonds is 5. The van der Waals surface area contributed by atoms with Crippen molar-refractivity contribution < 1.29 is 9.90 Å². The quantitative estimate of drug-likeness (QED) is 0.781. The van der Waals surface area contributed by atoms with Crippen LogP contribution in [-0.4, -0.2) is 29.3 Å². The molecule has 0 radical (unpaired) electrons. The third-order valence-electron chi connectivity index (χ3n) is 4.30. The first kappa shape index (κ1) is 16.9. The Morgan fingerprint density at radius 2 is 1.96 bits per heavy atom. The van der Waals surface area contributed by atoms with Crippen LogP contribution < -0.4 is 10.6 Å². The second-order valence-corrected chi connectivity index (χ2v) is 6.97. The summed E-state index contributed by atoms with van der Waals surface area (Å²) in [5.41, 5.74) is 4.10. The van der Waals surface area contributed by atoms with Crippen molar-refractivity contribution in [1.29, 1.82) is 0 Å². The number of urea groups is 1. The Morgan fingerprint density at radius 1 is 1.21 bits per heavy atom. The molecule has 24 heavy (non-hydrogen) atoms. The zero-order valence-electron chi connectivity index (χ0n) is 13.7. The van der Waals surface area contributed by atoms with E-state index in [2.05, 4.69) is 16.9 Å². The fraction of sp³-hybridized carbons (Fsp3) is 0.316. The number of hydrogen-bond acceptors (Lipinski definition) is 3. The number of aryl methyl sites for hydroxylation is 1. The van der Waals surface area contributed by atoms with E-state index in [9.17, 15) is 9.90 Å². The van der Waals surface area contributed by atoms with Crippen LogP contribution in [0.25, 0.3) is 0 Å². The predicted molar refractivity (Wildman–Crippen MR) is 99.6 cm³/mol. The van der Waals surface area contributed by atoms with Gasteiger partial charge < -0.3 is 15.7 Å². The highest BCUT2D eigenvalue weighted by atomic mass is 32.2. The molecule has 2 aromatic rings. The largest absolute Gasteiger partial charge is 0.390 e. The van der Waals surface area contributed by atoms with Crippen LogP contribution in [0, 0.1) is 0 Å². The number of fused-ring (bicyclic) bond motifs is 1. The first-order valence-electron chi connectivity index (χ1n) is 8.08. The van der Waals surface area contributed by atoms with E-state index in [1.54, 1.807) is 0 Å². The maximum Gasteiger partial charge on any atom is 0.319 e. The van der Waals surface area contributed by atoms with Gasteiger partial charge in [-0.3, -0.25) is 0 Å². The molecule has 0 unspecified atom stereocenters. The van der Waals surface area contributed by atoms with E-state index in [0.29, 0.717) is 6.42 Å². The highest BCUT2D eigenvalue weighted by Gasteiger charge is 2.31. The van der Waals surface area contributed by atoms with E-state index in [1.165, 1.54) is 5.56 Å². The van der Waals surface area contributed by atoms with Gasteiger partial charge >= 0.3 is 6.03 Å². The molecule has 3 rings (SSSR count). The second-order valence-electron chi connectivity index (χ2n) is 5.99. The third-order valence-corrected chi connectivity index (χ3v) is 4.91. The molecular formula is C19H22N2O2S. The first-order valence-corrected chi connectivity index (χ1v) is 9.48. The average molecular weight is 342 g/mol. The number of aliphatic hydroxyl groups excluding tert-OH is 1. The van der Waals surface area contributed by atoms with Gasteiger partial charge in [0.2, 0.25) is 0 Å². The van der Waals surface area contributed by atoms with Gasteiger partial charge in [-0.2, -0.15) is 11.8 Å². The average Bonchev–Trinajstić information content (AvgIpc) is 2.90. The molecule has 0 heterocycles. The molecule has 0 bridgehead atoms. The molecule has 0 saturated heterocycles. The molecule has 3 N–H and O–H groups in total. The SMILES string of the molecule is CSCCc1ccc(NC(=O)N[C@@H]2c3ccccc3C[C@@H]2O)cc1. The number of aliphatic hydroxyl groups is 1. The van der Waals surface area contributed by atoms with E-state index in [-0.39, 0.29) is 12.1 Å². The molecule has 5 heteroatoms. The van der Waals surface area contributed by atoms with Crippen LogP contribution in [0.1, 0.15) is 22.7 Å².